The number of aliphatic imine (C=N–C) groups is 1. The first-order valence-corrected chi connectivity index (χ1v) is 4.08. The van der Waals surface area contributed by atoms with E-state index in [-0.39, 0.29) is 5.95 Å². The van der Waals surface area contributed by atoms with Gasteiger partial charge >= 0.3 is 0 Å². The molecule has 0 aromatic carbocycles. The number of aromatic nitrogens is 2. The minimum Gasteiger partial charge on any atom is -0.383 e. The van der Waals surface area contributed by atoms with Gasteiger partial charge in [0, 0.05) is 27.3 Å². The van der Waals surface area contributed by atoms with Gasteiger partial charge < -0.3 is 16.4 Å². The molecule has 0 aliphatic carbocycles. The highest BCUT2D eigenvalue weighted by Crippen LogP contribution is 2.10. The van der Waals surface area contributed by atoms with Crippen molar-refractivity contribution in [3.05, 3.63) is 11.8 Å². The molecule has 14 heavy (non-hydrogen) atoms. The quantitative estimate of drug-likeness (QED) is 0.467. The summed E-state index contributed by atoms with van der Waals surface area (Å²) < 4.78 is 0. The molecule has 1 aromatic heterocycles. The highest BCUT2D eigenvalue weighted by molar-refractivity contribution is 6.01. The summed E-state index contributed by atoms with van der Waals surface area (Å²) in [6, 6.07) is 0. The zero-order chi connectivity index (χ0) is 10.7. The summed E-state index contributed by atoms with van der Waals surface area (Å²) in [5.41, 5.74) is 11.8. The topological polar surface area (TPSA) is 93.4 Å². The Balaban J connectivity index is 3.19. The standard InChI is InChI=1S/C8H14N6/c1-11-7(14(2)3)5-4-12-8(10)13-6(5)9/h4H,1-3H3,(H4,9,10,12,13). The van der Waals surface area contributed by atoms with Crippen LogP contribution in [0.4, 0.5) is 11.8 Å². The molecule has 1 rings (SSSR count). The normalized spacial score (nSPS) is 11.5. The molecular weight excluding hydrogens is 180 g/mol. The summed E-state index contributed by atoms with van der Waals surface area (Å²) >= 11 is 0. The lowest BCUT2D eigenvalue weighted by molar-refractivity contribution is 0.622. The van der Waals surface area contributed by atoms with Crippen molar-refractivity contribution in [2.24, 2.45) is 4.99 Å². The summed E-state index contributed by atoms with van der Waals surface area (Å²) in [7, 11) is 5.43. The Labute approximate surface area is 82.7 Å². The zero-order valence-corrected chi connectivity index (χ0v) is 8.52. The van der Waals surface area contributed by atoms with E-state index in [1.165, 1.54) is 0 Å². The van der Waals surface area contributed by atoms with Crippen molar-refractivity contribution in [3.8, 4) is 0 Å². The van der Waals surface area contributed by atoms with E-state index in [9.17, 15) is 0 Å². The second-order valence-electron chi connectivity index (χ2n) is 2.97. The fourth-order valence-electron chi connectivity index (χ4n) is 1.14. The van der Waals surface area contributed by atoms with Crippen molar-refractivity contribution in [2.75, 3.05) is 32.6 Å². The molecule has 0 fully saturated rings. The molecule has 0 saturated carbocycles. The van der Waals surface area contributed by atoms with Crippen molar-refractivity contribution in [3.63, 3.8) is 0 Å². The smallest absolute Gasteiger partial charge is 0.221 e. The molecule has 0 saturated heterocycles. The van der Waals surface area contributed by atoms with Crippen LogP contribution in [0.2, 0.25) is 0 Å². The van der Waals surface area contributed by atoms with E-state index in [1.807, 2.05) is 19.0 Å². The molecule has 1 aromatic rings. The van der Waals surface area contributed by atoms with Crippen molar-refractivity contribution in [1.82, 2.24) is 14.9 Å². The fraction of sp³-hybridized carbons (Fsp3) is 0.375. The van der Waals surface area contributed by atoms with E-state index in [2.05, 4.69) is 15.0 Å². The van der Waals surface area contributed by atoms with E-state index >= 15 is 0 Å². The summed E-state index contributed by atoms with van der Waals surface area (Å²) in [4.78, 5) is 13.7. The molecule has 0 amide bonds. The maximum absolute atomic E-state index is 5.70. The average molecular weight is 194 g/mol. The maximum atomic E-state index is 5.70. The minimum absolute atomic E-state index is 0.167. The Morgan fingerprint density at radius 2 is 2.07 bits per heavy atom. The fourth-order valence-corrected chi connectivity index (χ4v) is 1.14. The SMILES string of the molecule is CN=C(c1cnc(N)nc1N)N(C)C. The van der Waals surface area contributed by atoms with Gasteiger partial charge in [-0.15, -0.1) is 0 Å². The molecule has 76 valence electrons. The molecule has 0 atom stereocenters. The Kier molecular flexibility index (Phi) is 2.85. The average Bonchev–Trinajstić information content (AvgIpc) is 2.09. The molecule has 0 radical (unpaired) electrons. The predicted molar refractivity (Wildman–Crippen MR) is 57.0 cm³/mol. The van der Waals surface area contributed by atoms with Crippen LogP contribution >= 0.6 is 0 Å². The lowest BCUT2D eigenvalue weighted by Gasteiger charge is -2.15. The van der Waals surface area contributed by atoms with Crippen LogP contribution < -0.4 is 11.5 Å². The van der Waals surface area contributed by atoms with Crippen molar-refractivity contribution in [2.45, 2.75) is 0 Å². The first-order valence-electron chi connectivity index (χ1n) is 4.08. The minimum atomic E-state index is 0.167. The van der Waals surface area contributed by atoms with Gasteiger partial charge in [0.1, 0.15) is 11.7 Å². The van der Waals surface area contributed by atoms with Gasteiger partial charge in [-0.2, -0.15) is 4.98 Å². The molecule has 0 spiro atoms. The Morgan fingerprint density at radius 3 is 2.50 bits per heavy atom. The van der Waals surface area contributed by atoms with Crippen LogP contribution in [0, 0.1) is 0 Å². The Hall–Kier alpha value is -1.85. The summed E-state index contributed by atoms with van der Waals surface area (Å²) in [5.74, 6) is 1.23. The van der Waals surface area contributed by atoms with Crippen LogP contribution in [0.3, 0.4) is 0 Å². The van der Waals surface area contributed by atoms with Crippen LogP contribution in [0.1, 0.15) is 5.56 Å². The molecule has 0 unspecified atom stereocenters. The van der Waals surface area contributed by atoms with Crippen LogP contribution in [-0.2, 0) is 0 Å². The molecule has 0 aliphatic rings. The van der Waals surface area contributed by atoms with Crippen molar-refractivity contribution < 1.29 is 0 Å². The van der Waals surface area contributed by atoms with Gasteiger partial charge in [0.25, 0.3) is 0 Å². The third-order valence-electron chi connectivity index (χ3n) is 1.71. The molecule has 0 aliphatic heterocycles. The number of rotatable bonds is 1. The lowest BCUT2D eigenvalue weighted by Crippen LogP contribution is -2.24. The van der Waals surface area contributed by atoms with E-state index < -0.39 is 0 Å². The summed E-state index contributed by atoms with van der Waals surface area (Å²) in [6.45, 7) is 0. The number of amidine groups is 1. The van der Waals surface area contributed by atoms with Crippen molar-refractivity contribution >= 4 is 17.6 Å². The third kappa shape index (κ3) is 1.90. The molecule has 1 heterocycles. The monoisotopic (exact) mass is 194 g/mol. The zero-order valence-electron chi connectivity index (χ0n) is 8.52. The van der Waals surface area contributed by atoms with Gasteiger partial charge in [0.15, 0.2) is 0 Å². The van der Waals surface area contributed by atoms with Gasteiger partial charge in [0.05, 0.1) is 5.56 Å². The van der Waals surface area contributed by atoms with E-state index in [0.717, 1.165) is 5.84 Å². The number of hydrogen-bond acceptors (Lipinski definition) is 5. The van der Waals surface area contributed by atoms with E-state index in [4.69, 9.17) is 11.5 Å². The Morgan fingerprint density at radius 1 is 1.43 bits per heavy atom. The largest absolute Gasteiger partial charge is 0.383 e. The number of nitrogen functional groups attached to an aromatic ring is 2. The van der Waals surface area contributed by atoms with Gasteiger partial charge in [-0.3, -0.25) is 4.99 Å². The second kappa shape index (κ2) is 3.91. The number of hydrogen-bond donors (Lipinski definition) is 2. The van der Waals surface area contributed by atoms with Gasteiger partial charge in [-0.05, 0) is 0 Å². The van der Waals surface area contributed by atoms with Crippen molar-refractivity contribution in [1.29, 1.82) is 0 Å². The van der Waals surface area contributed by atoms with E-state index in [1.54, 1.807) is 13.2 Å². The van der Waals surface area contributed by atoms with Crippen LogP contribution in [0.5, 0.6) is 0 Å². The number of nitrogens with two attached hydrogens (primary N) is 2. The molecule has 6 nitrogen and oxygen atoms in total. The number of anilines is 2. The predicted octanol–water partition coefficient (Wildman–Crippen LogP) is -0.421. The molecule has 0 bridgehead atoms. The highest BCUT2D eigenvalue weighted by atomic mass is 15.1. The van der Waals surface area contributed by atoms with Crippen LogP contribution in [0.15, 0.2) is 11.2 Å². The maximum Gasteiger partial charge on any atom is 0.221 e. The first kappa shape index (κ1) is 10.2. The first-order chi connectivity index (χ1) is 6.56. The van der Waals surface area contributed by atoms with Gasteiger partial charge in [-0.1, -0.05) is 0 Å². The summed E-state index contributed by atoms with van der Waals surface area (Å²) in [6.07, 6.45) is 1.57. The van der Waals surface area contributed by atoms with E-state index in [0.29, 0.717) is 11.4 Å². The molecule has 6 heteroatoms. The highest BCUT2D eigenvalue weighted by Gasteiger charge is 2.10. The van der Waals surface area contributed by atoms with Crippen LogP contribution in [0.25, 0.3) is 0 Å². The third-order valence-corrected chi connectivity index (χ3v) is 1.71. The molecular formula is C8H14N6. The molecule has 4 N–H and O–H groups in total. The van der Waals surface area contributed by atoms with Gasteiger partial charge in [0.2, 0.25) is 5.95 Å². The van der Waals surface area contributed by atoms with Crippen LogP contribution in [-0.4, -0.2) is 41.8 Å². The van der Waals surface area contributed by atoms with Gasteiger partial charge in [-0.25, -0.2) is 4.98 Å². The lowest BCUT2D eigenvalue weighted by atomic mass is 10.2. The Bertz CT molecular complexity index is 357. The second-order valence-corrected chi connectivity index (χ2v) is 2.97. The number of nitrogens with zero attached hydrogens (tertiary/aromatic N) is 4. The summed E-state index contributed by atoms with van der Waals surface area (Å²) in [5, 5.41) is 0.